The number of aromatic nitrogens is 2. The van der Waals surface area contributed by atoms with Crippen molar-refractivity contribution in [1.82, 2.24) is 20.6 Å². The number of guanidine groups is 1. The third-order valence-corrected chi connectivity index (χ3v) is 3.45. The van der Waals surface area contributed by atoms with Crippen LogP contribution in [0.3, 0.4) is 0 Å². The van der Waals surface area contributed by atoms with E-state index in [2.05, 4.69) is 32.5 Å². The topological polar surface area (TPSA) is 71.4 Å². The van der Waals surface area contributed by atoms with Crippen LogP contribution in [-0.4, -0.2) is 30.1 Å². The van der Waals surface area contributed by atoms with E-state index in [1.165, 1.54) is 0 Å². The van der Waals surface area contributed by atoms with Crippen molar-refractivity contribution in [2.24, 2.45) is 4.99 Å². The van der Waals surface area contributed by atoms with E-state index in [9.17, 15) is 0 Å². The summed E-state index contributed by atoms with van der Waals surface area (Å²) in [6.45, 7) is 4.53. The molecule has 1 aromatic carbocycles. The average molecular weight is 441 g/mol. The molecule has 7 heteroatoms. The molecule has 1 heterocycles. The lowest BCUT2D eigenvalue weighted by molar-refractivity contribution is 0.405. The Kier molecular flexibility index (Phi) is 8.45. The lowest BCUT2D eigenvalue weighted by Gasteiger charge is -2.20. The molecule has 0 aliphatic carbocycles. The summed E-state index contributed by atoms with van der Waals surface area (Å²) in [5.41, 5.74) is 2.00. The summed E-state index contributed by atoms with van der Waals surface area (Å²) in [6.07, 6.45) is 1.76. The van der Waals surface area contributed by atoms with Gasteiger partial charge in [0.15, 0.2) is 5.96 Å². The molecule has 130 valence electrons. The van der Waals surface area contributed by atoms with Gasteiger partial charge in [-0.1, -0.05) is 18.2 Å². The molecular weight excluding hydrogens is 417 g/mol. The highest BCUT2D eigenvalue weighted by Gasteiger charge is 2.12. The predicted octanol–water partition coefficient (Wildman–Crippen LogP) is 2.84. The van der Waals surface area contributed by atoms with Crippen LogP contribution in [0.2, 0.25) is 0 Å². The van der Waals surface area contributed by atoms with Crippen molar-refractivity contribution in [2.75, 3.05) is 14.2 Å². The predicted molar refractivity (Wildman–Crippen MR) is 107 cm³/mol. The Morgan fingerprint density at radius 1 is 1.29 bits per heavy atom. The highest BCUT2D eigenvalue weighted by Crippen LogP contribution is 2.24. The smallest absolute Gasteiger partial charge is 0.191 e. The number of aliphatic imine (C=N–C) groups is 1. The number of aryl methyl sites for hydroxylation is 1. The first-order valence-corrected chi connectivity index (χ1v) is 7.52. The minimum Gasteiger partial charge on any atom is -0.496 e. The normalized spacial score (nSPS) is 12.1. The van der Waals surface area contributed by atoms with Crippen LogP contribution in [0.15, 0.2) is 41.5 Å². The molecule has 6 nitrogen and oxygen atoms in total. The van der Waals surface area contributed by atoms with Crippen LogP contribution in [0.1, 0.15) is 30.0 Å². The van der Waals surface area contributed by atoms with Gasteiger partial charge in [0.2, 0.25) is 0 Å². The molecule has 0 fully saturated rings. The molecule has 0 spiro atoms. The first-order chi connectivity index (χ1) is 11.1. The average Bonchev–Trinajstić information content (AvgIpc) is 2.58. The maximum atomic E-state index is 5.41. The van der Waals surface area contributed by atoms with E-state index in [1.54, 1.807) is 20.4 Å². The Labute approximate surface area is 160 Å². The van der Waals surface area contributed by atoms with E-state index in [-0.39, 0.29) is 30.0 Å². The highest BCUT2D eigenvalue weighted by atomic mass is 127. The van der Waals surface area contributed by atoms with E-state index in [0.29, 0.717) is 12.5 Å². The van der Waals surface area contributed by atoms with Gasteiger partial charge in [0.1, 0.15) is 11.6 Å². The number of hydrogen-bond acceptors (Lipinski definition) is 4. The fourth-order valence-electron chi connectivity index (χ4n) is 2.28. The largest absolute Gasteiger partial charge is 0.496 e. The fraction of sp³-hybridized carbons (Fsp3) is 0.353. The first kappa shape index (κ1) is 20.1. The zero-order valence-electron chi connectivity index (χ0n) is 14.4. The number of hydrogen-bond donors (Lipinski definition) is 2. The third kappa shape index (κ3) is 5.63. The zero-order chi connectivity index (χ0) is 16.7. The van der Waals surface area contributed by atoms with Gasteiger partial charge in [-0.2, -0.15) is 0 Å². The van der Waals surface area contributed by atoms with Crippen LogP contribution in [0, 0.1) is 6.92 Å². The summed E-state index contributed by atoms with van der Waals surface area (Å²) in [7, 11) is 3.42. The standard InChI is InChI=1S/C17H23N5O.HI/c1-12(15-7-5-6-8-16(15)23-4)21-17(18-3)20-11-14-9-10-19-13(2)22-14;/h5-10,12H,11H2,1-4H3,(H2,18,20,21);1H. The second-order valence-electron chi connectivity index (χ2n) is 5.13. The van der Waals surface area contributed by atoms with Crippen LogP contribution in [0.25, 0.3) is 0 Å². The van der Waals surface area contributed by atoms with E-state index in [1.807, 2.05) is 37.3 Å². The molecule has 1 atom stereocenters. The number of halogens is 1. The van der Waals surface area contributed by atoms with Gasteiger partial charge in [-0.05, 0) is 26.0 Å². The Balaban J connectivity index is 0.00000288. The van der Waals surface area contributed by atoms with Crippen molar-refractivity contribution in [3.05, 3.63) is 53.6 Å². The van der Waals surface area contributed by atoms with Crippen molar-refractivity contribution < 1.29 is 4.74 Å². The van der Waals surface area contributed by atoms with E-state index in [0.717, 1.165) is 22.8 Å². The summed E-state index contributed by atoms with van der Waals surface area (Å²) in [5.74, 6) is 2.32. The van der Waals surface area contributed by atoms with Gasteiger partial charge in [0.05, 0.1) is 25.4 Å². The molecule has 2 aromatic rings. The quantitative estimate of drug-likeness (QED) is 0.424. The van der Waals surface area contributed by atoms with Gasteiger partial charge < -0.3 is 15.4 Å². The van der Waals surface area contributed by atoms with Gasteiger partial charge in [-0.15, -0.1) is 24.0 Å². The molecule has 1 aromatic heterocycles. The van der Waals surface area contributed by atoms with Crippen LogP contribution in [-0.2, 0) is 6.54 Å². The van der Waals surface area contributed by atoms with Gasteiger partial charge in [0, 0.05) is 18.8 Å². The van der Waals surface area contributed by atoms with Crippen molar-refractivity contribution in [3.63, 3.8) is 0 Å². The van der Waals surface area contributed by atoms with Gasteiger partial charge in [0.25, 0.3) is 0 Å². The van der Waals surface area contributed by atoms with Gasteiger partial charge >= 0.3 is 0 Å². The molecule has 0 aliphatic rings. The van der Waals surface area contributed by atoms with Gasteiger partial charge in [-0.25, -0.2) is 9.97 Å². The second kappa shape index (κ2) is 10.1. The Morgan fingerprint density at radius 2 is 2.04 bits per heavy atom. The molecule has 0 amide bonds. The number of ether oxygens (including phenoxy) is 1. The summed E-state index contributed by atoms with van der Waals surface area (Å²) in [6, 6.07) is 9.89. The van der Waals surface area contributed by atoms with Crippen LogP contribution in [0.4, 0.5) is 0 Å². The summed E-state index contributed by atoms with van der Waals surface area (Å²) >= 11 is 0. The zero-order valence-corrected chi connectivity index (χ0v) is 16.7. The maximum Gasteiger partial charge on any atom is 0.191 e. The maximum absolute atomic E-state index is 5.41. The van der Waals surface area contributed by atoms with E-state index in [4.69, 9.17) is 4.74 Å². The number of rotatable bonds is 5. The minimum atomic E-state index is 0. The van der Waals surface area contributed by atoms with E-state index >= 15 is 0 Å². The number of para-hydroxylation sites is 1. The first-order valence-electron chi connectivity index (χ1n) is 7.52. The fourth-order valence-corrected chi connectivity index (χ4v) is 2.28. The molecule has 0 saturated carbocycles. The number of methoxy groups -OCH3 is 1. The van der Waals surface area contributed by atoms with Crippen molar-refractivity contribution >= 4 is 29.9 Å². The van der Waals surface area contributed by atoms with Gasteiger partial charge in [-0.3, -0.25) is 4.99 Å². The number of nitrogens with one attached hydrogen (secondary N) is 2. The Bertz CT molecular complexity index is 678. The lowest BCUT2D eigenvalue weighted by atomic mass is 10.1. The summed E-state index contributed by atoms with van der Waals surface area (Å²) in [5, 5.41) is 6.62. The minimum absolute atomic E-state index is 0. The molecular formula is C17H24IN5O. The van der Waals surface area contributed by atoms with Crippen LogP contribution < -0.4 is 15.4 Å². The second-order valence-corrected chi connectivity index (χ2v) is 5.13. The molecule has 0 radical (unpaired) electrons. The monoisotopic (exact) mass is 441 g/mol. The van der Waals surface area contributed by atoms with Crippen molar-refractivity contribution in [3.8, 4) is 5.75 Å². The molecule has 0 saturated heterocycles. The lowest BCUT2D eigenvalue weighted by Crippen LogP contribution is -2.38. The third-order valence-electron chi connectivity index (χ3n) is 3.45. The molecule has 1 unspecified atom stereocenters. The molecule has 0 bridgehead atoms. The number of nitrogens with zero attached hydrogens (tertiary/aromatic N) is 3. The molecule has 24 heavy (non-hydrogen) atoms. The molecule has 2 rings (SSSR count). The van der Waals surface area contributed by atoms with Crippen molar-refractivity contribution in [1.29, 1.82) is 0 Å². The SMILES string of the molecule is CN=C(NCc1ccnc(C)n1)NC(C)c1ccccc1OC.I. The summed E-state index contributed by atoms with van der Waals surface area (Å²) in [4.78, 5) is 12.7. The molecule has 2 N–H and O–H groups in total. The van der Waals surface area contributed by atoms with Crippen molar-refractivity contribution in [2.45, 2.75) is 26.4 Å². The number of benzene rings is 1. The molecule has 0 aliphatic heterocycles. The Morgan fingerprint density at radius 3 is 2.71 bits per heavy atom. The van der Waals surface area contributed by atoms with Crippen LogP contribution >= 0.6 is 24.0 Å². The highest BCUT2D eigenvalue weighted by molar-refractivity contribution is 14.0. The Hall–Kier alpha value is -1.90. The van der Waals surface area contributed by atoms with Crippen LogP contribution in [0.5, 0.6) is 5.75 Å². The van der Waals surface area contributed by atoms with E-state index < -0.39 is 0 Å². The summed E-state index contributed by atoms with van der Waals surface area (Å²) < 4.78 is 5.41.